The summed E-state index contributed by atoms with van der Waals surface area (Å²) in [4.78, 5) is 36.1. The van der Waals surface area contributed by atoms with E-state index in [1.807, 2.05) is 0 Å². The molecule has 0 N–H and O–H groups in total. The molecule has 0 aliphatic carbocycles. The van der Waals surface area contributed by atoms with Crippen LogP contribution < -0.4 is 0 Å². The van der Waals surface area contributed by atoms with E-state index in [9.17, 15) is 14.4 Å². The van der Waals surface area contributed by atoms with Gasteiger partial charge in [0.15, 0.2) is 0 Å². The summed E-state index contributed by atoms with van der Waals surface area (Å²) in [5.41, 5.74) is 0. The molecule has 0 saturated heterocycles. The summed E-state index contributed by atoms with van der Waals surface area (Å²) in [6.07, 6.45) is 37.9. The molecule has 0 rings (SSSR count). The minimum Gasteiger partial charge on any atom is -0.466 e. The Morgan fingerprint density at radius 1 is 0.408 bits per heavy atom. The fourth-order valence-electron chi connectivity index (χ4n) is 7.05. The topological polar surface area (TPSA) is 69.7 Å². The molecule has 0 aromatic heterocycles. The summed E-state index contributed by atoms with van der Waals surface area (Å²) in [7, 11) is 0. The van der Waals surface area contributed by atoms with E-state index < -0.39 is 0 Å². The first-order chi connectivity index (χ1) is 24.0. The molecule has 0 heterocycles. The van der Waals surface area contributed by atoms with Crippen molar-refractivity contribution in [3.63, 3.8) is 0 Å². The van der Waals surface area contributed by atoms with Crippen LogP contribution in [0.3, 0.4) is 0 Å². The maximum Gasteiger partial charge on any atom is 0.306 e. The van der Waals surface area contributed by atoms with Crippen LogP contribution in [0.4, 0.5) is 0 Å². The van der Waals surface area contributed by atoms with Gasteiger partial charge in [0, 0.05) is 18.8 Å². The van der Waals surface area contributed by atoms with Gasteiger partial charge in [-0.25, -0.2) is 0 Å². The lowest BCUT2D eigenvalue weighted by molar-refractivity contribution is -0.146. The van der Waals surface area contributed by atoms with Gasteiger partial charge in [-0.2, -0.15) is 0 Å². The summed E-state index contributed by atoms with van der Waals surface area (Å²) in [5.74, 6) is 1.27. The Kier molecular flexibility index (Phi) is 36.8. The third-order valence-electron chi connectivity index (χ3n) is 10.4. The van der Waals surface area contributed by atoms with Crippen LogP contribution in [-0.2, 0) is 23.9 Å². The van der Waals surface area contributed by atoms with Gasteiger partial charge in [0.1, 0.15) is 6.29 Å². The first kappa shape index (κ1) is 47.6. The monoisotopic (exact) mass is 693 g/mol. The summed E-state index contributed by atoms with van der Waals surface area (Å²) in [6.45, 7) is 10.0. The molecule has 49 heavy (non-hydrogen) atoms. The van der Waals surface area contributed by atoms with Gasteiger partial charge in [0.2, 0.25) is 0 Å². The molecule has 0 amide bonds. The second kappa shape index (κ2) is 37.9. The third kappa shape index (κ3) is 33.5. The van der Waals surface area contributed by atoms with E-state index in [1.54, 1.807) is 0 Å². The molecule has 0 aromatic carbocycles. The lowest BCUT2D eigenvalue weighted by atomic mass is 9.93. The van der Waals surface area contributed by atoms with Crippen molar-refractivity contribution in [1.82, 2.24) is 0 Å². The largest absolute Gasteiger partial charge is 0.466 e. The predicted octanol–water partition coefficient (Wildman–Crippen LogP) is 13.7. The summed E-state index contributed by atoms with van der Waals surface area (Å²) >= 11 is 0. The Balaban J connectivity index is 3.61. The number of aldehydes is 1. The van der Waals surface area contributed by atoms with Gasteiger partial charge in [-0.3, -0.25) is 9.59 Å². The molecule has 290 valence electrons. The van der Waals surface area contributed by atoms with Gasteiger partial charge >= 0.3 is 11.9 Å². The van der Waals surface area contributed by atoms with E-state index in [2.05, 4.69) is 27.7 Å². The zero-order valence-electron chi connectivity index (χ0n) is 33.4. The zero-order valence-corrected chi connectivity index (χ0v) is 33.4. The average Bonchev–Trinajstić information content (AvgIpc) is 3.10. The summed E-state index contributed by atoms with van der Waals surface area (Å²) in [6, 6.07) is 0. The Morgan fingerprint density at radius 3 is 0.980 bits per heavy atom. The molecule has 0 aliphatic heterocycles. The zero-order chi connectivity index (χ0) is 36.0. The maximum atomic E-state index is 12.2. The van der Waals surface area contributed by atoms with Gasteiger partial charge in [0.05, 0.1) is 13.2 Å². The van der Waals surface area contributed by atoms with E-state index in [0.29, 0.717) is 37.9 Å². The Morgan fingerprint density at radius 2 is 0.694 bits per heavy atom. The maximum absolute atomic E-state index is 12.2. The number of unbranched alkanes of at least 4 members (excludes halogenated alkanes) is 18. The molecule has 0 aliphatic rings. The van der Waals surface area contributed by atoms with Gasteiger partial charge in [-0.1, -0.05) is 169 Å². The fraction of sp³-hybridized carbons (Fsp3) is 0.932. The van der Waals surface area contributed by atoms with Crippen molar-refractivity contribution in [3.05, 3.63) is 0 Å². The molecule has 0 aromatic rings. The van der Waals surface area contributed by atoms with E-state index in [4.69, 9.17) is 9.47 Å². The highest BCUT2D eigenvalue weighted by Gasteiger charge is 2.15. The van der Waals surface area contributed by atoms with Crippen molar-refractivity contribution in [3.8, 4) is 0 Å². The van der Waals surface area contributed by atoms with Crippen molar-refractivity contribution < 1.29 is 23.9 Å². The quantitative estimate of drug-likeness (QED) is 0.0364. The Hall–Kier alpha value is -1.39. The highest BCUT2D eigenvalue weighted by Crippen LogP contribution is 2.22. The Bertz CT molecular complexity index is 650. The number of carbonyl (C=O) groups is 3. The first-order valence-electron chi connectivity index (χ1n) is 21.8. The van der Waals surface area contributed by atoms with Gasteiger partial charge < -0.3 is 14.3 Å². The number of rotatable bonds is 39. The SMILES string of the molecule is CCCCC(CCCC)CC(=O)OCCCCCCCCCCC(C=O)CCCCCCCCCCOC(=O)CC(CCCC)CCCC. The Labute approximate surface area is 305 Å². The predicted molar refractivity (Wildman–Crippen MR) is 209 cm³/mol. The lowest BCUT2D eigenvalue weighted by Gasteiger charge is -2.15. The van der Waals surface area contributed by atoms with E-state index in [0.717, 1.165) is 64.2 Å². The average molecular weight is 693 g/mol. The van der Waals surface area contributed by atoms with E-state index in [-0.39, 0.29) is 17.9 Å². The molecular formula is C44H84O5. The number of ether oxygens (including phenoxy) is 2. The molecule has 0 spiro atoms. The highest BCUT2D eigenvalue weighted by atomic mass is 16.5. The molecule has 0 atom stereocenters. The van der Waals surface area contributed by atoms with Crippen LogP contribution in [-0.4, -0.2) is 31.4 Å². The number of esters is 2. The van der Waals surface area contributed by atoms with Crippen LogP contribution in [0.2, 0.25) is 0 Å². The smallest absolute Gasteiger partial charge is 0.306 e. The number of hydrogen-bond acceptors (Lipinski definition) is 5. The summed E-state index contributed by atoms with van der Waals surface area (Å²) < 4.78 is 11.1. The van der Waals surface area contributed by atoms with Crippen molar-refractivity contribution in [1.29, 1.82) is 0 Å². The van der Waals surface area contributed by atoms with E-state index >= 15 is 0 Å². The molecule has 0 saturated carbocycles. The molecule has 5 nitrogen and oxygen atoms in total. The van der Waals surface area contributed by atoms with Crippen molar-refractivity contribution >= 4 is 18.2 Å². The van der Waals surface area contributed by atoms with Crippen molar-refractivity contribution in [2.45, 2.75) is 233 Å². The lowest BCUT2D eigenvalue weighted by Crippen LogP contribution is -2.12. The number of carbonyl (C=O) groups excluding carboxylic acids is 3. The highest BCUT2D eigenvalue weighted by molar-refractivity contribution is 5.70. The number of hydrogen-bond donors (Lipinski definition) is 0. The van der Waals surface area contributed by atoms with Gasteiger partial charge in [0.25, 0.3) is 0 Å². The molecule has 0 fully saturated rings. The van der Waals surface area contributed by atoms with Crippen LogP contribution in [0.5, 0.6) is 0 Å². The molecule has 0 bridgehead atoms. The minimum atomic E-state index is 0.00797. The molecule has 5 heteroatoms. The first-order valence-corrected chi connectivity index (χ1v) is 21.8. The van der Waals surface area contributed by atoms with Crippen molar-refractivity contribution in [2.75, 3.05) is 13.2 Å². The molecule has 0 radical (unpaired) electrons. The summed E-state index contributed by atoms with van der Waals surface area (Å²) in [5, 5.41) is 0. The van der Waals surface area contributed by atoms with Crippen LogP contribution in [0.15, 0.2) is 0 Å². The molecule has 0 unspecified atom stereocenters. The second-order valence-electron chi connectivity index (χ2n) is 15.3. The van der Waals surface area contributed by atoms with Crippen LogP contribution >= 0.6 is 0 Å². The van der Waals surface area contributed by atoms with Crippen LogP contribution in [0, 0.1) is 17.8 Å². The second-order valence-corrected chi connectivity index (χ2v) is 15.3. The van der Waals surface area contributed by atoms with Crippen LogP contribution in [0.1, 0.15) is 233 Å². The van der Waals surface area contributed by atoms with Gasteiger partial charge in [-0.05, 0) is 63.2 Å². The van der Waals surface area contributed by atoms with Gasteiger partial charge in [-0.15, -0.1) is 0 Å². The van der Waals surface area contributed by atoms with Crippen LogP contribution in [0.25, 0.3) is 0 Å². The minimum absolute atomic E-state index is 0.00797. The molecular weight excluding hydrogens is 608 g/mol. The fourth-order valence-corrected chi connectivity index (χ4v) is 7.05. The van der Waals surface area contributed by atoms with E-state index in [1.165, 1.54) is 135 Å². The standard InChI is InChI=1S/C44H84O5/c1-5-9-29-40(30-10-6-2)37-43(46)48-35-27-23-19-15-13-17-21-25-33-42(39-45)34-26-22-18-14-16-20-24-28-36-49-44(47)38-41(31-11-7-3)32-12-8-4/h39-42H,5-38H2,1-4H3. The van der Waals surface area contributed by atoms with Crippen molar-refractivity contribution in [2.24, 2.45) is 17.8 Å². The normalized spacial score (nSPS) is 11.6. The third-order valence-corrected chi connectivity index (χ3v) is 10.4.